The van der Waals surface area contributed by atoms with Gasteiger partial charge in [0.15, 0.2) is 0 Å². The van der Waals surface area contributed by atoms with Crippen molar-refractivity contribution in [3.05, 3.63) is 57.0 Å². The van der Waals surface area contributed by atoms with E-state index in [-0.39, 0.29) is 17.9 Å². The van der Waals surface area contributed by atoms with Crippen molar-refractivity contribution in [1.82, 2.24) is 10.6 Å². The lowest BCUT2D eigenvalue weighted by atomic mass is 10.1. The highest BCUT2D eigenvalue weighted by Crippen LogP contribution is 2.25. The number of hydrogen-bond donors (Lipinski definition) is 2. The molecule has 5 heteroatoms. The number of urea groups is 1. The van der Waals surface area contributed by atoms with Gasteiger partial charge in [0.2, 0.25) is 0 Å². The van der Waals surface area contributed by atoms with E-state index in [1.807, 2.05) is 6.92 Å². The molecule has 2 aromatic rings. The molecule has 2 rings (SSSR count). The molecule has 0 aliphatic rings. The molecule has 1 aromatic carbocycles. The highest BCUT2D eigenvalue weighted by Gasteiger charge is 2.13. The summed E-state index contributed by atoms with van der Waals surface area (Å²) in [5, 5.41) is 5.69. The van der Waals surface area contributed by atoms with E-state index in [0.717, 1.165) is 11.1 Å². The molecule has 3 nitrogen and oxygen atoms in total. The summed E-state index contributed by atoms with van der Waals surface area (Å²) in [5.74, 6) is -0.278. The average Bonchev–Trinajstić information content (AvgIpc) is 2.77. The van der Waals surface area contributed by atoms with Gasteiger partial charge in [0.05, 0.1) is 6.04 Å². The Balaban J connectivity index is 1.87. The Hall–Kier alpha value is -1.88. The first-order valence-electron chi connectivity index (χ1n) is 6.81. The van der Waals surface area contributed by atoms with E-state index >= 15 is 0 Å². The van der Waals surface area contributed by atoms with Crippen molar-refractivity contribution in [3.8, 4) is 0 Å². The molecule has 1 aromatic heterocycles. The van der Waals surface area contributed by atoms with Crippen molar-refractivity contribution in [2.45, 2.75) is 33.4 Å². The van der Waals surface area contributed by atoms with Gasteiger partial charge in [-0.25, -0.2) is 9.18 Å². The lowest BCUT2D eigenvalue weighted by molar-refractivity contribution is 0.237. The van der Waals surface area contributed by atoms with Crippen molar-refractivity contribution in [2.75, 3.05) is 0 Å². The van der Waals surface area contributed by atoms with Crippen LogP contribution in [0.2, 0.25) is 0 Å². The zero-order valence-corrected chi connectivity index (χ0v) is 13.2. The molecule has 0 unspecified atom stereocenters. The van der Waals surface area contributed by atoms with Crippen molar-refractivity contribution >= 4 is 17.4 Å². The topological polar surface area (TPSA) is 41.1 Å². The van der Waals surface area contributed by atoms with Gasteiger partial charge >= 0.3 is 6.03 Å². The molecule has 0 bridgehead atoms. The van der Waals surface area contributed by atoms with Crippen LogP contribution < -0.4 is 10.6 Å². The minimum absolute atomic E-state index is 0.0387. The molecule has 1 atom stereocenters. The van der Waals surface area contributed by atoms with E-state index in [0.29, 0.717) is 6.54 Å². The third-order valence-corrected chi connectivity index (χ3v) is 4.24. The van der Waals surface area contributed by atoms with E-state index in [1.54, 1.807) is 23.5 Å². The molecule has 2 amide bonds. The molecule has 112 valence electrons. The second-order valence-electron chi connectivity index (χ2n) is 5.04. The minimum Gasteiger partial charge on any atom is -0.334 e. The van der Waals surface area contributed by atoms with Crippen LogP contribution in [0.25, 0.3) is 0 Å². The third-order valence-electron chi connectivity index (χ3n) is 3.26. The number of hydrogen-bond acceptors (Lipinski definition) is 2. The number of thiophene rings is 1. The van der Waals surface area contributed by atoms with Gasteiger partial charge in [0.1, 0.15) is 5.82 Å². The summed E-state index contributed by atoms with van der Waals surface area (Å²) >= 11 is 1.73. The quantitative estimate of drug-likeness (QED) is 0.878. The number of nitrogens with one attached hydrogen (secondary N) is 2. The molecule has 0 aliphatic carbocycles. The van der Waals surface area contributed by atoms with Gasteiger partial charge in [0, 0.05) is 16.3 Å². The second kappa shape index (κ2) is 6.72. The number of aryl methyl sites for hydroxylation is 2. The Kier molecular flexibility index (Phi) is 4.96. The fraction of sp³-hybridized carbons (Fsp3) is 0.312. The van der Waals surface area contributed by atoms with Gasteiger partial charge in [-0.2, -0.15) is 0 Å². The number of amides is 2. The maximum Gasteiger partial charge on any atom is 0.315 e. The minimum atomic E-state index is -0.278. The molecule has 1 heterocycles. The molecule has 2 N–H and O–H groups in total. The third kappa shape index (κ3) is 4.29. The van der Waals surface area contributed by atoms with E-state index in [4.69, 9.17) is 0 Å². The molecule has 0 saturated heterocycles. The Labute approximate surface area is 128 Å². The van der Waals surface area contributed by atoms with Gasteiger partial charge in [-0.3, -0.25) is 0 Å². The van der Waals surface area contributed by atoms with Crippen molar-refractivity contribution in [1.29, 1.82) is 0 Å². The molecule has 0 saturated carbocycles. The van der Waals surface area contributed by atoms with Gasteiger partial charge in [0.25, 0.3) is 0 Å². The van der Waals surface area contributed by atoms with Crippen LogP contribution in [0, 0.1) is 19.7 Å². The van der Waals surface area contributed by atoms with Crippen LogP contribution in [0.15, 0.2) is 30.3 Å². The first-order chi connectivity index (χ1) is 9.95. The fourth-order valence-electron chi connectivity index (χ4n) is 2.19. The number of rotatable bonds is 4. The zero-order valence-electron chi connectivity index (χ0n) is 12.4. The zero-order chi connectivity index (χ0) is 15.4. The molecular formula is C16H19FN2OS. The fourth-order valence-corrected chi connectivity index (χ4v) is 3.21. The van der Waals surface area contributed by atoms with Crippen LogP contribution in [0.4, 0.5) is 9.18 Å². The smallest absolute Gasteiger partial charge is 0.315 e. The standard InChI is InChI=1S/C16H19FN2OS/c1-10-8-15(12(3)21-10)11(2)19-16(20)18-9-13-4-6-14(17)7-5-13/h4-8,11H,9H2,1-3H3,(H2,18,19,20)/t11-/m0/s1. The first-order valence-corrected chi connectivity index (χ1v) is 7.63. The summed E-state index contributed by atoms with van der Waals surface area (Å²) in [6.07, 6.45) is 0. The molecule has 0 aliphatic heterocycles. The predicted octanol–water partition coefficient (Wildman–Crippen LogP) is 4.06. The Bertz CT molecular complexity index is 622. The maximum absolute atomic E-state index is 12.8. The summed E-state index contributed by atoms with van der Waals surface area (Å²) in [4.78, 5) is 14.4. The Morgan fingerprint density at radius 3 is 2.52 bits per heavy atom. The molecule has 21 heavy (non-hydrogen) atoms. The number of carbonyl (C=O) groups is 1. The van der Waals surface area contributed by atoms with E-state index in [9.17, 15) is 9.18 Å². The van der Waals surface area contributed by atoms with Crippen LogP contribution in [-0.4, -0.2) is 6.03 Å². The number of halogens is 1. The van der Waals surface area contributed by atoms with Crippen molar-refractivity contribution < 1.29 is 9.18 Å². The summed E-state index contributed by atoms with van der Waals surface area (Å²) in [6, 6.07) is 7.92. The molecule has 0 spiro atoms. The lowest BCUT2D eigenvalue weighted by Crippen LogP contribution is -2.36. The molecule has 0 radical (unpaired) electrons. The first kappa shape index (κ1) is 15.5. The maximum atomic E-state index is 12.8. The summed E-state index contributed by atoms with van der Waals surface area (Å²) in [6.45, 7) is 6.45. The van der Waals surface area contributed by atoms with Crippen LogP contribution in [0.5, 0.6) is 0 Å². The molecule has 0 fully saturated rings. The van der Waals surface area contributed by atoms with E-state index < -0.39 is 0 Å². The van der Waals surface area contributed by atoms with E-state index in [1.165, 1.54) is 21.9 Å². The summed E-state index contributed by atoms with van der Waals surface area (Å²) in [7, 11) is 0. The van der Waals surface area contributed by atoms with Crippen molar-refractivity contribution in [3.63, 3.8) is 0 Å². The monoisotopic (exact) mass is 306 g/mol. The Morgan fingerprint density at radius 1 is 1.29 bits per heavy atom. The summed E-state index contributed by atoms with van der Waals surface area (Å²) < 4.78 is 12.8. The van der Waals surface area contributed by atoms with Gasteiger partial charge in [-0.15, -0.1) is 11.3 Å². The molecular weight excluding hydrogens is 287 g/mol. The largest absolute Gasteiger partial charge is 0.334 e. The SMILES string of the molecule is Cc1cc([C@H](C)NC(=O)NCc2ccc(F)cc2)c(C)s1. The predicted molar refractivity (Wildman–Crippen MR) is 84.0 cm³/mol. The highest BCUT2D eigenvalue weighted by molar-refractivity contribution is 7.12. The number of benzene rings is 1. The van der Waals surface area contributed by atoms with Crippen LogP contribution >= 0.6 is 11.3 Å². The normalized spacial score (nSPS) is 12.0. The van der Waals surface area contributed by atoms with Gasteiger partial charge < -0.3 is 10.6 Å². The van der Waals surface area contributed by atoms with Crippen LogP contribution in [-0.2, 0) is 6.54 Å². The van der Waals surface area contributed by atoms with Crippen molar-refractivity contribution in [2.24, 2.45) is 0 Å². The van der Waals surface area contributed by atoms with Gasteiger partial charge in [-0.05, 0) is 50.1 Å². The second-order valence-corrected chi connectivity index (χ2v) is 6.50. The lowest BCUT2D eigenvalue weighted by Gasteiger charge is -2.14. The summed E-state index contributed by atoms with van der Waals surface area (Å²) in [5.41, 5.74) is 2.01. The van der Waals surface area contributed by atoms with E-state index in [2.05, 4.69) is 30.5 Å². The number of carbonyl (C=O) groups excluding carboxylic acids is 1. The van der Waals surface area contributed by atoms with Crippen LogP contribution in [0.3, 0.4) is 0 Å². The highest BCUT2D eigenvalue weighted by atomic mass is 32.1. The van der Waals surface area contributed by atoms with Crippen LogP contribution in [0.1, 0.15) is 33.8 Å². The van der Waals surface area contributed by atoms with Gasteiger partial charge in [-0.1, -0.05) is 12.1 Å². The Morgan fingerprint density at radius 2 is 1.95 bits per heavy atom. The average molecular weight is 306 g/mol.